The van der Waals surface area contributed by atoms with E-state index in [2.05, 4.69) is 9.71 Å². The average molecular weight is 320 g/mol. The van der Waals surface area contributed by atoms with Gasteiger partial charge in [-0.2, -0.15) is 0 Å². The summed E-state index contributed by atoms with van der Waals surface area (Å²) in [6.07, 6.45) is 1.27. The van der Waals surface area contributed by atoms with E-state index in [1.807, 2.05) is 0 Å². The smallest absolute Gasteiger partial charge is 0.264 e. The van der Waals surface area contributed by atoms with E-state index in [0.29, 0.717) is 0 Å². The van der Waals surface area contributed by atoms with Gasteiger partial charge in [0, 0.05) is 6.20 Å². The van der Waals surface area contributed by atoms with Gasteiger partial charge < -0.3 is 5.73 Å². The van der Waals surface area contributed by atoms with Crippen LogP contribution in [0.4, 0.5) is 20.2 Å². The second-order valence-electron chi connectivity index (χ2n) is 3.75. The molecule has 0 saturated heterocycles. The SMILES string of the molecule is Nc1c(F)ccc(S(=O)(=O)Nc2ccnc(Cl)c2)c1F. The van der Waals surface area contributed by atoms with Crippen molar-refractivity contribution in [2.75, 3.05) is 10.5 Å². The maximum Gasteiger partial charge on any atom is 0.264 e. The Morgan fingerprint density at radius 3 is 2.60 bits per heavy atom. The molecule has 1 aromatic carbocycles. The first-order chi connectivity index (χ1) is 9.31. The fourth-order valence-corrected chi connectivity index (χ4v) is 2.75. The summed E-state index contributed by atoms with van der Waals surface area (Å²) in [6, 6.07) is 4.12. The molecule has 0 aliphatic carbocycles. The quantitative estimate of drug-likeness (QED) is 0.672. The Kier molecular flexibility index (Phi) is 3.78. The molecule has 3 N–H and O–H groups in total. The number of nitrogen functional groups attached to an aromatic ring is 1. The Morgan fingerprint density at radius 2 is 1.95 bits per heavy atom. The molecule has 0 bridgehead atoms. The monoisotopic (exact) mass is 319 g/mol. The summed E-state index contributed by atoms with van der Waals surface area (Å²) in [6.45, 7) is 0. The highest BCUT2D eigenvalue weighted by atomic mass is 35.5. The molecule has 9 heteroatoms. The second-order valence-corrected chi connectivity index (χ2v) is 5.78. The van der Waals surface area contributed by atoms with Gasteiger partial charge in [0.2, 0.25) is 0 Å². The number of benzene rings is 1. The number of rotatable bonds is 3. The van der Waals surface area contributed by atoms with Crippen LogP contribution in [-0.2, 0) is 10.0 Å². The fourth-order valence-electron chi connectivity index (χ4n) is 1.43. The van der Waals surface area contributed by atoms with Crippen LogP contribution in [0.1, 0.15) is 0 Å². The maximum absolute atomic E-state index is 13.7. The fraction of sp³-hybridized carbons (Fsp3) is 0. The number of pyridine rings is 1. The van der Waals surface area contributed by atoms with Crippen molar-refractivity contribution in [1.29, 1.82) is 0 Å². The molecule has 1 heterocycles. The average Bonchev–Trinajstić information content (AvgIpc) is 2.35. The molecule has 0 radical (unpaired) electrons. The molecule has 106 valence electrons. The predicted octanol–water partition coefficient (Wildman–Crippen LogP) is 2.40. The molecule has 0 saturated carbocycles. The van der Waals surface area contributed by atoms with E-state index in [4.69, 9.17) is 17.3 Å². The lowest BCUT2D eigenvalue weighted by molar-refractivity contribution is 0.557. The molecule has 0 amide bonds. The number of anilines is 2. The van der Waals surface area contributed by atoms with E-state index in [0.717, 1.165) is 12.1 Å². The van der Waals surface area contributed by atoms with Gasteiger partial charge in [-0.25, -0.2) is 22.2 Å². The number of nitrogens with two attached hydrogens (primary N) is 1. The minimum atomic E-state index is -4.26. The Labute approximate surface area is 118 Å². The summed E-state index contributed by atoms with van der Waals surface area (Å²) in [5.41, 5.74) is 4.35. The molecule has 20 heavy (non-hydrogen) atoms. The van der Waals surface area contributed by atoms with Gasteiger partial charge in [0.05, 0.1) is 5.69 Å². The zero-order chi connectivity index (χ0) is 14.9. The maximum atomic E-state index is 13.7. The standard InChI is InChI=1S/C11H8ClF2N3O2S/c12-9-5-6(3-4-16-9)17-20(18,19)8-2-1-7(13)11(15)10(8)14/h1-5H,15H2,(H,16,17). The molecule has 5 nitrogen and oxygen atoms in total. The third-order valence-electron chi connectivity index (χ3n) is 2.36. The first kappa shape index (κ1) is 14.5. The van der Waals surface area contributed by atoms with Gasteiger partial charge in [-0.1, -0.05) is 11.6 Å². The lowest BCUT2D eigenvalue weighted by Gasteiger charge is -2.10. The first-order valence-electron chi connectivity index (χ1n) is 5.19. The van der Waals surface area contributed by atoms with E-state index in [-0.39, 0.29) is 10.8 Å². The highest BCUT2D eigenvalue weighted by Gasteiger charge is 2.22. The summed E-state index contributed by atoms with van der Waals surface area (Å²) in [4.78, 5) is 2.91. The minimum Gasteiger partial charge on any atom is -0.394 e. The highest BCUT2D eigenvalue weighted by molar-refractivity contribution is 7.92. The molecule has 0 atom stereocenters. The van der Waals surface area contributed by atoms with Crippen LogP contribution in [0.25, 0.3) is 0 Å². The largest absolute Gasteiger partial charge is 0.394 e. The van der Waals surface area contributed by atoms with Crippen molar-refractivity contribution in [3.63, 3.8) is 0 Å². The third kappa shape index (κ3) is 2.81. The molecule has 0 aliphatic rings. The summed E-state index contributed by atoms with van der Waals surface area (Å²) >= 11 is 5.61. The summed E-state index contributed by atoms with van der Waals surface area (Å²) < 4.78 is 52.8. The van der Waals surface area contributed by atoms with Crippen LogP contribution in [0.15, 0.2) is 35.4 Å². The summed E-state index contributed by atoms with van der Waals surface area (Å²) in [5.74, 6) is -2.38. The zero-order valence-corrected chi connectivity index (χ0v) is 11.3. The highest BCUT2D eigenvalue weighted by Crippen LogP contribution is 2.25. The van der Waals surface area contributed by atoms with Crippen molar-refractivity contribution < 1.29 is 17.2 Å². The van der Waals surface area contributed by atoms with Crippen LogP contribution < -0.4 is 10.5 Å². The van der Waals surface area contributed by atoms with Gasteiger partial charge in [0.25, 0.3) is 10.0 Å². The molecule has 1 aromatic heterocycles. The van der Waals surface area contributed by atoms with E-state index < -0.39 is 32.2 Å². The number of halogens is 3. The van der Waals surface area contributed by atoms with E-state index >= 15 is 0 Å². The van der Waals surface area contributed by atoms with Gasteiger partial charge >= 0.3 is 0 Å². The van der Waals surface area contributed by atoms with E-state index in [1.165, 1.54) is 18.3 Å². The number of nitrogens with zero attached hydrogens (tertiary/aromatic N) is 1. The van der Waals surface area contributed by atoms with Crippen LogP contribution >= 0.6 is 11.6 Å². The number of nitrogens with one attached hydrogen (secondary N) is 1. The van der Waals surface area contributed by atoms with Crippen molar-refractivity contribution in [2.24, 2.45) is 0 Å². The van der Waals surface area contributed by atoms with Gasteiger partial charge in [-0.3, -0.25) is 4.72 Å². The van der Waals surface area contributed by atoms with Gasteiger partial charge in [0.1, 0.15) is 21.6 Å². The van der Waals surface area contributed by atoms with Gasteiger partial charge in [-0.05, 0) is 24.3 Å². The molecular formula is C11H8ClF2N3O2S. The first-order valence-corrected chi connectivity index (χ1v) is 7.05. The van der Waals surface area contributed by atoms with Gasteiger partial charge in [0.15, 0.2) is 5.82 Å². The number of hydrogen-bond acceptors (Lipinski definition) is 4. The normalized spacial score (nSPS) is 11.3. The van der Waals surface area contributed by atoms with Crippen molar-refractivity contribution in [2.45, 2.75) is 4.90 Å². The van der Waals surface area contributed by atoms with E-state index in [1.54, 1.807) is 0 Å². The minimum absolute atomic E-state index is 0.0595. The van der Waals surface area contributed by atoms with Crippen molar-refractivity contribution in [1.82, 2.24) is 4.98 Å². The van der Waals surface area contributed by atoms with E-state index in [9.17, 15) is 17.2 Å². The zero-order valence-electron chi connectivity index (χ0n) is 9.77. The Morgan fingerprint density at radius 1 is 1.25 bits per heavy atom. The number of aromatic nitrogens is 1. The van der Waals surface area contributed by atoms with Crippen LogP contribution in [0, 0.1) is 11.6 Å². The lowest BCUT2D eigenvalue weighted by atomic mass is 10.3. The third-order valence-corrected chi connectivity index (χ3v) is 3.96. The molecule has 0 aliphatic heterocycles. The Bertz CT molecular complexity index is 768. The second kappa shape index (κ2) is 5.22. The number of sulfonamides is 1. The Balaban J connectivity index is 2.44. The topological polar surface area (TPSA) is 85.1 Å². The molecular weight excluding hydrogens is 312 g/mol. The number of hydrogen-bond donors (Lipinski definition) is 2. The van der Waals surface area contributed by atoms with Gasteiger partial charge in [-0.15, -0.1) is 0 Å². The Hall–Kier alpha value is -1.93. The summed E-state index contributed by atoms with van der Waals surface area (Å²) in [5, 5.41) is 0.0595. The van der Waals surface area contributed by atoms with Crippen LogP contribution in [0.2, 0.25) is 5.15 Å². The molecule has 2 aromatic rings. The van der Waals surface area contributed by atoms with Crippen molar-refractivity contribution in [3.8, 4) is 0 Å². The van der Waals surface area contributed by atoms with Crippen LogP contribution in [0.5, 0.6) is 0 Å². The predicted molar refractivity (Wildman–Crippen MR) is 70.8 cm³/mol. The molecule has 0 spiro atoms. The molecule has 0 fully saturated rings. The van der Waals surface area contributed by atoms with Crippen LogP contribution in [0.3, 0.4) is 0 Å². The molecule has 2 rings (SSSR count). The lowest BCUT2D eigenvalue weighted by Crippen LogP contribution is -2.16. The summed E-state index contributed by atoms with van der Waals surface area (Å²) in [7, 11) is -4.26. The molecule has 0 unspecified atom stereocenters. The van der Waals surface area contributed by atoms with Crippen LogP contribution in [-0.4, -0.2) is 13.4 Å². The van der Waals surface area contributed by atoms with Crippen molar-refractivity contribution in [3.05, 3.63) is 47.2 Å². The van der Waals surface area contributed by atoms with Crippen molar-refractivity contribution >= 4 is 33.0 Å².